The molecule has 0 aliphatic rings. The van der Waals surface area contributed by atoms with Crippen molar-refractivity contribution in [3.05, 3.63) is 28.6 Å². The summed E-state index contributed by atoms with van der Waals surface area (Å²) in [5.41, 5.74) is 1.09. The molecule has 1 aromatic rings. The van der Waals surface area contributed by atoms with E-state index in [1.165, 1.54) is 0 Å². The van der Waals surface area contributed by atoms with Crippen LogP contribution in [0.15, 0.2) is 28.6 Å². The summed E-state index contributed by atoms with van der Waals surface area (Å²) in [6.07, 6.45) is 5.69. The number of allylic oxidation sites excluding steroid dienone is 1. The van der Waals surface area contributed by atoms with Gasteiger partial charge in [-0.05, 0) is 29.3 Å². The van der Waals surface area contributed by atoms with Crippen molar-refractivity contribution < 1.29 is 4.79 Å². The highest BCUT2D eigenvalue weighted by Gasteiger charge is 2.01. The van der Waals surface area contributed by atoms with Crippen LogP contribution in [-0.4, -0.2) is 16.0 Å². The van der Waals surface area contributed by atoms with Crippen molar-refractivity contribution in [3.8, 4) is 0 Å². The second-order valence-electron chi connectivity index (χ2n) is 3.17. The molecule has 0 aromatic carbocycles. The average Bonchev–Trinajstić information content (AvgIpc) is 2.29. The van der Waals surface area contributed by atoms with Crippen LogP contribution < -0.4 is 10.6 Å². The maximum atomic E-state index is 11.4. The first-order valence-corrected chi connectivity index (χ1v) is 5.62. The summed E-state index contributed by atoms with van der Waals surface area (Å²) >= 11 is 3.21. The normalized spacial score (nSPS) is 11.1. The van der Waals surface area contributed by atoms with Crippen molar-refractivity contribution >= 4 is 27.9 Å². The van der Waals surface area contributed by atoms with Crippen LogP contribution >= 0.6 is 15.9 Å². The number of carbonyl (C=O) groups excluding carboxylic acids is 1. The molecule has 16 heavy (non-hydrogen) atoms. The number of amides is 2. The number of carbonyl (C=O) groups is 1. The molecule has 2 N–H and O–H groups in total. The molecule has 0 unspecified atom stereocenters. The quantitative estimate of drug-likeness (QED) is 0.897. The van der Waals surface area contributed by atoms with Crippen LogP contribution in [0.25, 0.3) is 0 Å². The number of nitrogens with zero attached hydrogens (tertiary/aromatic N) is 2. The van der Waals surface area contributed by atoms with Crippen molar-refractivity contribution in [1.29, 1.82) is 0 Å². The number of aromatic nitrogens is 2. The number of nitrogens with one attached hydrogen (secondary N) is 2. The summed E-state index contributed by atoms with van der Waals surface area (Å²) in [5, 5.41) is 5.10. The first-order valence-electron chi connectivity index (χ1n) is 4.82. The lowest BCUT2D eigenvalue weighted by molar-refractivity contribution is 0.255. The molecule has 6 heteroatoms. The molecule has 1 rings (SSSR count). The van der Waals surface area contributed by atoms with Gasteiger partial charge in [-0.1, -0.05) is 12.5 Å². The molecule has 0 spiro atoms. The Morgan fingerprint density at radius 1 is 1.50 bits per heavy atom. The summed E-state index contributed by atoms with van der Waals surface area (Å²) in [6.45, 7) is 3.96. The van der Waals surface area contributed by atoms with Gasteiger partial charge < -0.3 is 5.32 Å². The van der Waals surface area contributed by atoms with E-state index >= 15 is 0 Å². The van der Waals surface area contributed by atoms with Gasteiger partial charge in [-0.2, -0.15) is 0 Å². The molecule has 0 radical (unpaired) electrons. The molecule has 0 fully saturated rings. The Hall–Kier alpha value is -1.43. The standard InChI is InChI=1S/C10H13BrN4O/c1-3-7(2)4-14-10(16)15-9-12-5-8(11)6-13-9/h4-6H,3H2,1-2H3,(H2,12,13,14,15,16)/b7-4+. The van der Waals surface area contributed by atoms with Crippen molar-refractivity contribution in [2.75, 3.05) is 5.32 Å². The Balaban J connectivity index is 2.49. The molecule has 0 atom stereocenters. The zero-order chi connectivity index (χ0) is 12.0. The van der Waals surface area contributed by atoms with E-state index in [1.54, 1.807) is 18.6 Å². The molecule has 0 saturated carbocycles. The van der Waals surface area contributed by atoms with E-state index in [-0.39, 0.29) is 12.0 Å². The summed E-state index contributed by atoms with van der Waals surface area (Å²) in [6, 6.07) is -0.352. The van der Waals surface area contributed by atoms with Crippen LogP contribution in [0.2, 0.25) is 0 Å². The van der Waals surface area contributed by atoms with Crippen LogP contribution in [0, 0.1) is 0 Å². The summed E-state index contributed by atoms with van der Waals surface area (Å²) in [4.78, 5) is 19.2. The fourth-order valence-corrected chi connectivity index (χ4v) is 1.01. The maximum absolute atomic E-state index is 11.4. The van der Waals surface area contributed by atoms with Gasteiger partial charge in [0.15, 0.2) is 0 Å². The lowest BCUT2D eigenvalue weighted by atomic mass is 10.3. The summed E-state index contributed by atoms with van der Waals surface area (Å²) < 4.78 is 0.764. The lowest BCUT2D eigenvalue weighted by Gasteiger charge is -2.03. The lowest BCUT2D eigenvalue weighted by Crippen LogP contribution is -2.25. The molecular formula is C10H13BrN4O. The Morgan fingerprint density at radius 2 is 2.12 bits per heavy atom. The zero-order valence-corrected chi connectivity index (χ0v) is 10.7. The monoisotopic (exact) mass is 284 g/mol. The second kappa shape index (κ2) is 6.22. The minimum Gasteiger partial charge on any atom is -0.314 e. The van der Waals surface area contributed by atoms with Crippen molar-refractivity contribution in [3.63, 3.8) is 0 Å². The fourth-order valence-electron chi connectivity index (χ4n) is 0.805. The number of anilines is 1. The average molecular weight is 285 g/mol. The van der Waals surface area contributed by atoms with E-state index in [0.29, 0.717) is 0 Å². The maximum Gasteiger partial charge on any atom is 0.325 e. The zero-order valence-electron chi connectivity index (χ0n) is 9.12. The SMILES string of the molecule is CC/C(C)=C/NC(=O)Nc1ncc(Br)cn1. The van der Waals surface area contributed by atoms with Gasteiger partial charge >= 0.3 is 6.03 Å². The molecule has 5 nitrogen and oxygen atoms in total. The molecule has 86 valence electrons. The van der Waals surface area contributed by atoms with Crippen LogP contribution in [0.5, 0.6) is 0 Å². The Kier molecular flexibility index (Phi) is 4.91. The molecule has 1 heterocycles. The number of halogens is 1. The summed E-state index contributed by atoms with van der Waals surface area (Å²) in [5.74, 6) is 0.267. The third-order valence-corrected chi connectivity index (χ3v) is 2.26. The van der Waals surface area contributed by atoms with Gasteiger partial charge in [0.05, 0.1) is 4.47 Å². The first-order chi connectivity index (χ1) is 7.61. The van der Waals surface area contributed by atoms with Gasteiger partial charge in [-0.3, -0.25) is 5.32 Å². The van der Waals surface area contributed by atoms with Crippen LogP contribution in [0.3, 0.4) is 0 Å². The fraction of sp³-hybridized carbons (Fsp3) is 0.300. The van der Waals surface area contributed by atoms with Gasteiger partial charge in [-0.25, -0.2) is 14.8 Å². The van der Waals surface area contributed by atoms with E-state index < -0.39 is 0 Å². The van der Waals surface area contributed by atoms with Crippen molar-refractivity contribution in [1.82, 2.24) is 15.3 Å². The van der Waals surface area contributed by atoms with Gasteiger partial charge in [0.1, 0.15) is 0 Å². The smallest absolute Gasteiger partial charge is 0.314 e. The minimum absolute atomic E-state index is 0.267. The molecule has 0 bridgehead atoms. The predicted octanol–water partition coefficient (Wildman–Crippen LogP) is 2.67. The molecular weight excluding hydrogens is 272 g/mol. The highest BCUT2D eigenvalue weighted by Crippen LogP contribution is 2.06. The van der Waals surface area contributed by atoms with Crippen molar-refractivity contribution in [2.45, 2.75) is 20.3 Å². The van der Waals surface area contributed by atoms with E-state index in [2.05, 4.69) is 36.5 Å². The van der Waals surface area contributed by atoms with E-state index in [1.807, 2.05) is 13.8 Å². The number of hydrogen-bond acceptors (Lipinski definition) is 3. The predicted molar refractivity (Wildman–Crippen MR) is 65.9 cm³/mol. The number of rotatable bonds is 3. The highest BCUT2D eigenvalue weighted by atomic mass is 79.9. The minimum atomic E-state index is -0.352. The van der Waals surface area contributed by atoms with Crippen molar-refractivity contribution in [2.24, 2.45) is 0 Å². The third-order valence-electron chi connectivity index (χ3n) is 1.85. The van der Waals surface area contributed by atoms with Crippen LogP contribution in [0.1, 0.15) is 20.3 Å². The van der Waals surface area contributed by atoms with E-state index in [4.69, 9.17) is 0 Å². The molecule has 0 saturated heterocycles. The molecule has 0 aliphatic heterocycles. The summed E-state index contributed by atoms with van der Waals surface area (Å²) in [7, 11) is 0. The first kappa shape index (κ1) is 12.6. The second-order valence-corrected chi connectivity index (χ2v) is 4.08. The Labute approximate surface area is 102 Å². The van der Waals surface area contributed by atoms with Gasteiger partial charge in [-0.15, -0.1) is 0 Å². The number of hydrogen-bond donors (Lipinski definition) is 2. The molecule has 0 aliphatic carbocycles. The third kappa shape index (κ3) is 4.39. The van der Waals surface area contributed by atoms with E-state index in [0.717, 1.165) is 16.5 Å². The van der Waals surface area contributed by atoms with Gasteiger partial charge in [0, 0.05) is 18.6 Å². The topological polar surface area (TPSA) is 66.9 Å². The molecule has 1 aromatic heterocycles. The van der Waals surface area contributed by atoms with Crippen LogP contribution in [0.4, 0.5) is 10.7 Å². The highest BCUT2D eigenvalue weighted by molar-refractivity contribution is 9.10. The van der Waals surface area contributed by atoms with Crippen LogP contribution in [-0.2, 0) is 0 Å². The van der Waals surface area contributed by atoms with E-state index in [9.17, 15) is 4.79 Å². The Morgan fingerprint density at radius 3 is 2.69 bits per heavy atom. The van der Waals surface area contributed by atoms with Gasteiger partial charge in [0.2, 0.25) is 5.95 Å². The Bertz CT molecular complexity index is 388. The largest absolute Gasteiger partial charge is 0.325 e. The number of urea groups is 1. The van der Waals surface area contributed by atoms with Gasteiger partial charge in [0.25, 0.3) is 0 Å². The molecule has 2 amide bonds.